The number of hydrogen-bond acceptors (Lipinski definition) is 10. The Morgan fingerprint density at radius 3 is 2.31 bits per heavy atom. The van der Waals surface area contributed by atoms with E-state index in [1.807, 2.05) is 0 Å². The molecule has 142 valence electrons. The largest absolute Gasteiger partial charge is 0.463 e. The second kappa shape index (κ2) is 7.95. The van der Waals surface area contributed by atoms with Crippen LogP contribution < -0.4 is 11.3 Å². The lowest BCUT2D eigenvalue weighted by molar-refractivity contribution is -0.166. The maximum atomic E-state index is 11.5. The summed E-state index contributed by atoms with van der Waals surface area (Å²) in [5.74, 6) is -2.04. The monoisotopic (exact) mass is 369 g/mol. The van der Waals surface area contributed by atoms with E-state index in [-0.39, 0.29) is 12.6 Å². The zero-order valence-electron chi connectivity index (χ0n) is 14.4. The third-order valence-corrected chi connectivity index (χ3v) is 3.48. The third-order valence-electron chi connectivity index (χ3n) is 3.48. The molecule has 0 spiro atoms. The fourth-order valence-corrected chi connectivity index (χ4v) is 2.56. The van der Waals surface area contributed by atoms with E-state index in [0.29, 0.717) is 0 Å². The van der Waals surface area contributed by atoms with Gasteiger partial charge in [0.05, 0.1) is 0 Å². The van der Waals surface area contributed by atoms with Crippen LogP contribution in [0.15, 0.2) is 17.1 Å². The highest BCUT2D eigenvalue weighted by molar-refractivity contribution is 5.68. The maximum Gasteiger partial charge on any atom is 0.303 e. The molecule has 1 saturated heterocycles. The Morgan fingerprint density at radius 1 is 1.15 bits per heavy atom. The van der Waals surface area contributed by atoms with E-state index >= 15 is 0 Å². The Kier molecular flexibility index (Phi) is 5.93. The molecule has 1 aliphatic heterocycles. The summed E-state index contributed by atoms with van der Waals surface area (Å²) in [6.45, 7) is 3.32. The van der Waals surface area contributed by atoms with Crippen molar-refractivity contribution in [3.63, 3.8) is 0 Å². The van der Waals surface area contributed by atoms with Gasteiger partial charge in [0, 0.05) is 33.0 Å². The highest BCUT2D eigenvalue weighted by Crippen LogP contribution is 2.35. The van der Waals surface area contributed by atoms with Crippen LogP contribution in [-0.4, -0.2) is 52.4 Å². The fourth-order valence-electron chi connectivity index (χ4n) is 2.56. The van der Waals surface area contributed by atoms with Gasteiger partial charge in [-0.05, 0) is 0 Å². The van der Waals surface area contributed by atoms with Crippen molar-refractivity contribution in [1.29, 1.82) is 0 Å². The first-order chi connectivity index (χ1) is 12.2. The zero-order valence-corrected chi connectivity index (χ0v) is 14.4. The number of rotatable bonds is 5. The summed E-state index contributed by atoms with van der Waals surface area (Å²) in [7, 11) is 0. The SMILES string of the molecule is CC(=O)OC[C@H]1O[C@@H](n2ccc(=O)nc2N)[C@H](OC(C)=O)[C@@H]1OC(C)=O. The number of nitrogen functional groups attached to an aromatic ring is 1. The van der Waals surface area contributed by atoms with E-state index in [1.54, 1.807) is 0 Å². The summed E-state index contributed by atoms with van der Waals surface area (Å²) in [5.41, 5.74) is 5.19. The summed E-state index contributed by atoms with van der Waals surface area (Å²) in [4.78, 5) is 49.0. The predicted octanol–water partition coefficient (Wildman–Crippen LogP) is -0.851. The number of anilines is 1. The molecule has 0 saturated carbocycles. The Labute approximate surface area is 148 Å². The molecule has 1 aromatic rings. The van der Waals surface area contributed by atoms with Gasteiger partial charge >= 0.3 is 17.9 Å². The quantitative estimate of drug-likeness (QED) is 0.513. The Bertz CT molecular complexity index is 762. The summed E-state index contributed by atoms with van der Waals surface area (Å²) >= 11 is 0. The smallest absolute Gasteiger partial charge is 0.303 e. The van der Waals surface area contributed by atoms with Crippen molar-refractivity contribution in [2.75, 3.05) is 12.3 Å². The fraction of sp³-hybridized carbons (Fsp3) is 0.533. The van der Waals surface area contributed by atoms with Crippen molar-refractivity contribution in [3.05, 3.63) is 22.6 Å². The molecule has 0 bridgehead atoms. The van der Waals surface area contributed by atoms with Gasteiger partial charge in [0.25, 0.3) is 5.56 Å². The number of esters is 3. The highest BCUT2D eigenvalue weighted by Gasteiger charge is 2.50. The van der Waals surface area contributed by atoms with Crippen LogP contribution in [-0.2, 0) is 33.3 Å². The van der Waals surface area contributed by atoms with Gasteiger partial charge in [-0.2, -0.15) is 4.98 Å². The van der Waals surface area contributed by atoms with Crippen LogP contribution in [0, 0.1) is 0 Å². The van der Waals surface area contributed by atoms with E-state index in [0.717, 1.165) is 6.07 Å². The van der Waals surface area contributed by atoms with E-state index in [1.165, 1.54) is 31.5 Å². The van der Waals surface area contributed by atoms with Crippen molar-refractivity contribution >= 4 is 23.9 Å². The second-order valence-electron chi connectivity index (χ2n) is 5.55. The molecule has 1 fully saturated rings. The standard InChI is InChI=1S/C15H19N3O8/c1-7(19)23-6-10-12(24-8(2)20)13(25-9(3)21)14(26-10)18-5-4-11(22)17-15(18)16/h4-5,10,12-14H,6H2,1-3H3,(H2,16,17,22)/t10-,12-,13-,14-/m1/s1. The molecule has 4 atom stereocenters. The van der Waals surface area contributed by atoms with Gasteiger partial charge in [-0.25, -0.2) is 0 Å². The van der Waals surface area contributed by atoms with E-state index in [2.05, 4.69) is 4.98 Å². The first-order valence-electron chi connectivity index (χ1n) is 7.67. The number of carbonyl (C=O) groups excluding carboxylic acids is 3. The lowest BCUT2D eigenvalue weighted by Gasteiger charge is -2.24. The minimum Gasteiger partial charge on any atom is -0.463 e. The van der Waals surface area contributed by atoms with Crippen molar-refractivity contribution in [1.82, 2.24) is 9.55 Å². The third kappa shape index (κ3) is 4.57. The number of nitrogens with two attached hydrogens (primary N) is 1. The van der Waals surface area contributed by atoms with Crippen LogP contribution in [0.3, 0.4) is 0 Å². The van der Waals surface area contributed by atoms with Gasteiger partial charge in [-0.1, -0.05) is 0 Å². The molecule has 2 rings (SSSR count). The molecular weight excluding hydrogens is 350 g/mol. The van der Waals surface area contributed by atoms with Gasteiger partial charge in [0.2, 0.25) is 5.95 Å². The van der Waals surface area contributed by atoms with Crippen LogP contribution in [0.2, 0.25) is 0 Å². The minimum absolute atomic E-state index is 0.186. The Hall–Kier alpha value is -2.95. The van der Waals surface area contributed by atoms with Crippen molar-refractivity contribution < 1.29 is 33.3 Å². The lowest BCUT2D eigenvalue weighted by atomic mass is 10.1. The lowest BCUT2D eigenvalue weighted by Crippen LogP contribution is -2.40. The molecule has 0 aromatic carbocycles. The molecule has 0 unspecified atom stereocenters. The number of nitrogens with zero attached hydrogens (tertiary/aromatic N) is 2. The maximum absolute atomic E-state index is 11.5. The van der Waals surface area contributed by atoms with Gasteiger partial charge in [-0.3, -0.25) is 23.7 Å². The van der Waals surface area contributed by atoms with Crippen LogP contribution in [0.1, 0.15) is 27.0 Å². The molecule has 2 heterocycles. The topological polar surface area (TPSA) is 149 Å². The van der Waals surface area contributed by atoms with Crippen molar-refractivity contribution in [3.8, 4) is 0 Å². The average molecular weight is 369 g/mol. The second-order valence-corrected chi connectivity index (χ2v) is 5.55. The number of aromatic nitrogens is 2. The molecule has 1 aromatic heterocycles. The summed E-state index contributed by atoms with van der Waals surface area (Å²) < 4.78 is 22.4. The van der Waals surface area contributed by atoms with Gasteiger partial charge in [0.15, 0.2) is 18.4 Å². The predicted molar refractivity (Wildman–Crippen MR) is 84.6 cm³/mol. The van der Waals surface area contributed by atoms with Crippen molar-refractivity contribution in [2.45, 2.75) is 45.3 Å². The number of hydrogen-bond donors (Lipinski definition) is 1. The zero-order chi connectivity index (χ0) is 19.4. The van der Waals surface area contributed by atoms with E-state index < -0.39 is 48.0 Å². The summed E-state index contributed by atoms with van der Waals surface area (Å²) in [6, 6.07) is 1.14. The molecule has 26 heavy (non-hydrogen) atoms. The normalized spacial score (nSPS) is 24.7. The van der Waals surface area contributed by atoms with Crippen LogP contribution in [0.4, 0.5) is 5.95 Å². The minimum atomic E-state index is -1.09. The van der Waals surface area contributed by atoms with Gasteiger partial charge < -0.3 is 24.7 Å². The molecule has 0 amide bonds. The number of carbonyl (C=O) groups is 3. The number of ether oxygens (including phenoxy) is 4. The summed E-state index contributed by atoms with van der Waals surface area (Å²) in [5, 5.41) is 0. The Morgan fingerprint density at radius 2 is 1.77 bits per heavy atom. The molecule has 1 aliphatic rings. The van der Waals surface area contributed by atoms with Crippen LogP contribution in [0.25, 0.3) is 0 Å². The molecule has 11 heteroatoms. The first-order valence-corrected chi connectivity index (χ1v) is 7.67. The molecule has 0 aliphatic carbocycles. The Balaban J connectivity index is 2.40. The van der Waals surface area contributed by atoms with Crippen molar-refractivity contribution in [2.24, 2.45) is 0 Å². The summed E-state index contributed by atoms with van der Waals surface area (Å²) in [6.07, 6.45) is -2.80. The van der Waals surface area contributed by atoms with Gasteiger partial charge in [-0.15, -0.1) is 0 Å². The molecular formula is C15H19N3O8. The molecule has 2 N–H and O–H groups in total. The van der Waals surface area contributed by atoms with Gasteiger partial charge in [0.1, 0.15) is 12.7 Å². The first kappa shape index (κ1) is 19.4. The molecule has 0 radical (unpaired) electrons. The van der Waals surface area contributed by atoms with Crippen LogP contribution in [0.5, 0.6) is 0 Å². The van der Waals surface area contributed by atoms with E-state index in [9.17, 15) is 19.2 Å². The van der Waals surface area contributed by atoms with E-state index in [4.69, 9.17) is 24.7 Å². The molecule has 11 nitrogen and oxygen atoms in total. The van der Waals surface area contributed by atoms with Crippen LogP contribution >= 0.6 is 0 Å². The highest BCUT2D eigenvalue weighted by atomic mass is 16.7. The average Bonchev–Trinajstić information content (AvgIpc) is 2.82.